The minimum Gasteiger partial charge on any atom is -0.497 e. The minimum atomic E-state index is -1.04. The van der Waals surface area contributed by atoms with Crippen LogP contribution < -0.4 is 31.7 Å². The van der Waals surface area contributed by atoms with Gasteiger partial charge in [-0.15, -0.1) is 11.3 Å². The lowest BCUT2D eigenvalue weighted by Crippen LogP contribution is -2.57. The zero-order valence-electron chi connectivity index (χ0n) is 26.0. The smallest absolute Gasteiger partial charge is 0.273 e. The number of nitrogens with two attached hydrogens (primary N) is 1. The van der Waals surface area contributed by atoms with Crippen LogP contribution in [0.15, 0.2) is 29.6 Å². The molecule has 3 rings (SSSR count). The quantitative estimate of drug-likeness (QED) is 0.301. The highest BCUT2D eigenvalue weighted by Gasteiger charge is 2.33. The molecule has 14 heteroatoms. The molecule has 0 radical (unpaired) electrons. The zero-order valence-corrected chi connectivity index (χ0v) is 26.8. The first kappa shape index (κ1) is 34.3. The third-order valence-electron chi connectivity index (χ3n) is 7.25. The average molecular weight is 630 g/mol. The number of nitrogens with zero attached hydrogens (tertiary/aromatic N) is 2. The summed E-state index contributed by atoms with van der Waals surface area (Å²) in [4.78, 5) is 72.6. The summed E-state index contributed by atoms with van der Waals surface area (Å²) < 4.78 is 5.22. The fourth-order valence-corrected chi connectivity index (χ4v) is 5.25. The number of carbonyl (C=O) groups is 5. The van der Waals surface area contributed by atoms with E-state index in [2.05, 4.69) is 26.3 Å². The Labute approximate surface area is 261 Å². The van der Waals surface area contributed by atoms with Gasteiger partial charge in [0.15, 0.2) is 5.13 Å². The van der Waals surface area contributed by atoms with Crippen LogP contribution in [0.1, 0.15) is 57.1 Å². The normalized spacial score (nSPS) is 22.4. The number of hydrogen-bond acceptors (Lipinski definition) is 9. The molecular weight excluding hydrogens is 586 g/mol. The number of thiazole rings is 1. The van der Waals surface area contributed by atoms with Crippen LogP contribution in [0.25, 0.3) is 0 Å². The van der Waals surface area contributed by atoms with Crippen molar-refractivity contribution in [3.8, 4) is 5.75 Å². The highest BCUT2D eigenvalue weighted by molar-refractivity contribution is 7.13. The Morgan fingerprint density at radius 3 is 2.23 bits per heavy atom. The van der Waals surface area contributed by atoms with Crippen LogP contribution in [0.4, 0.5) is 5.13 Å². The summed E-state index contributed by atoms with van der Waals surface area (Å²) in [6.07, 6.45) is 0.419. The molecule has 2 aromatic rings. The van der Waals surface area contributed by atoms with Crippen molar-refractivity contribution in [2.24, 2.45) is 11.8 Å². The van der Waals surface area contributed by atoms with Crippen molar-refractivity contribution in [3.63, 3.8) is 0 Å². The van der Waals surface area contributed by atoms with Gasteiger partial charge in [-0.1, -0.05) is 39.8 Å². The Hall–Kier alpha value is -4.20. The monoisotopic (exact) mass is 629 g/mol. The molecule has 1 aliphatic rings. The molecular formula is C30H43N7O6S. The number of nitrogens with one attached hydrogen (secondary N) is 4. The predicted octanol–water partition coefficient (Wildman–Crippen LogP) is 1.09. The summed E-state index contributed by atoms with van der Waals surface area (Å²) in [7, 11) is 1.55. The highest BCUT2D eigenvalue weighted by atomic mass is 32.1. The first-order valence-electron chi connectivity index (χ1n) is 14.6. The standard InChI is InChI=1S/C30H43N7O6S/c1-16(2)11-21-28(41)34-22(12-19-7-9-20(43-6)10-8-19)27(40)32-18(5)26(39)35-23(17(3)4)13-37(14-25(38)33-21)29(42)24-15-44-30(31)36-24/h7-10,15-18,21-23H,11-14H2,1-6H3,(H2,31,36)(H,32,40)(H,33,38)(H,34,41)(H,35,39)/t18-,21+,22+,23-/m1/s1. The van der Waals surface area contributed by atoms with Crippen LogP contribution in [-0.2, 0) is 25.6 Å². The number of amides is 5. The van der Waals surface area contributed by atoms with Crippen molar-refractivity contribution in [1.29, 1.82) is 0 Å². The van der Waals surface area contributed by atoms with Crippen molar-refractivity contribution >= 4 is 46.0 Å². The van der Waals surface area contributed by atoms with Crippen LogP contribution in [0, 0.1) is 11.8 Å². The number of anilines is 1. The predicted molar refractivity (Wildman–Crippen MR) is 167 cm³/mol. The number of hydrogen-bond donors (Lipinski definition) is 5. The lowest BCUT2D eigenvalue weighted by atomic mass is 10.0. The van der Waals surface area contributed by atoms with Gasteiger partial charge >= 0.3 is 0 Å². The average Bonchev–Trinajstić information content (AvgIpc) is 3.40. The number of aromatic nitrogens is 1. The van der Waals surface area contributed by atoms with Gasteiger partial charge in [0.2, 0.25) is 23.6 Å². The van der Waals surface area contributed by atoms with E-state index < -0.39 is 53.7 Å². The third-order valence-corrected chi connectivity index (χ3v) is 7.93. The maximum absolute atomic E-state index is 13.6. The molecule has 0 bridgehead atoms. The maximum Gasteiger partial charge on any atom is 0.273 e. The molecule has 44 heavy (non-hydrogen) atoms. The van der Waals surface area contributed by atoms with E-state index in [1.165, 1.54) is 10.3 Å². The van der Waals surface area contributed by atoms with Crippen molar-refractivity contribution in [2.75, 3.05) is 25.9 Å². The lowest BCUT2D eigenvalue weighted by molar-refractivity contribution is -0.133. The number of rotatable bonds is 7. The van der Waals surface area contributed by atoms with E-state index in [0.29, 0.717) is 5.75 Å². The lowest BCUT2D eigenvalue weighted by Gasteiger charge is -2.31. The molecule has 5 amide bonds. The van der Waals surface area contributed by atoms with E-state index in [1.807, 2.05) is 27.7 Å². The molecule has 2 heterocycles. The van der Waals surface area contributed by atoms with Crippen LogP contribution in [0.5, 0.6) is 5.75 Å². The zero-order chi connectivity index (χ0) is 32.6. The fraction of sp³-hybridized carbons (Fsp3) is 0.533. The summed E-state index contributed by atoms with van der Waals surface area (Å²) >= 11 is 1.10. The summed E-state index contributed by atoms with van der Waals surface area (Å²) in [5.74, 6) is -2.19. The molecule has 1 saturated heterocycles. The van der Waals surface area contributed by atoms with E-state index in [-0.39, 0.29) is 48.6 Å². The van der Waals surface area contributed by atoms with Gasteiger partial charge in [0.05, 0.1) is 13.7 Å². The fourth-order valence-electron chi connectivity index (χ4n) is 4.71. The van der Waals surface area contributed by atoms with Crippen molar-refractivity contribution in [1.82, 2.24) is 31.2 Å². The molecule has 4 atom stereocenters. The van der Waals surface area contributed by atoms with Gasteiger partial charge in [0.25, 0.3) is 5.91 Å². The van der Waals surface area contributed by atoms with Crippen LogP contribution in [0.3, 0.4) is 0 Å². The number of carbonyl (C=O) groups excluding carboxylic acids is 5. The molecule has 0 unspecified atom stereocenters. The molecule has 1 aliphatic heterocycles. The Morgan fingerprint density at radius 2 is 1.66 bits per heavy atom. The largest absolute Gasteiger partial charge is 0.497 e. The Kier molecular flexibility index (Phi) is 12.1. The van der Waals surface area contributed by atoms with Crippen LogP contribution in [-0.4, -0.2) is 83.8 Å². The number of methoxy groups -OCH3 is 1. The molecule has 13 nitrogen and oxygen atoms in total. The molecule has 0 aliphatic carbocycles. The minimum absolute atomic E-state index is 0.0184. The van der Waals surface area contributed by atoms with Gasteiger partial charge in [-0.05, 0) is 42.9 Å². The Balaban J connectivity index is 1.98. The van der Waals surface area contributed by atoms with Crippen molar-refractivity contribution in [3.05, 3.63) is 40.9 Å². The van der Waals surface area contributed by atoms with Gasteiger partial charge in [0, 0.05) is 24.4 Å². The summed E-state index contributed by atoms with van der Waals surface area (Å²) in [6, 6.07) is 3.51. The highest BCUT2D eigenvalue weighted by Crippen LogP contribution is 2.16. The SMILES string of the molecule is COc1ccc(C[C@@H]2NC(=O)[C@H](CC(C)C)NC(=O)CN(C(=O)c3csc(N)n3)C[C@H](C(C)C)NC(=O)[C@@H](C)NC2=O)cc1. The molecule has 240 valence electrons. The number of ether oxygens (including phenoxy) is 1. The van der Waals surface area contributed by atoms with Crippen molar-refractivity contribution < 1.29 is 28.7 Å². The van der Waals surface area contributed by atoms with Gasteiger partial charge < -0.3 is 36.6 Å². The summed E-state index contributed by atoms with van der Waals surface area (Å²) in [5, 5.41) is 12.9. The van der Waals surface area contributed by atoms with E-state index in [0.717, 1.165) is 16.9 Å². The maximum atomic E-state index is 13.6. The van der Waals surface area contributed by atoms with Crippen LogP contribution >= 0.6 is 11.3 Å². The van der Waals surface area contributed by atoms with E-state index in [4.69, 9.17) is 10.5 Å². The molecule has 6 N–H and O–H groups in total. The topological polar surface area (TPSA) is 185 Å². The third kappa shape index (κ3) is 9.66. The summed E-state index contributed by atoms with van der Waals surface area (Å²) in [5.41, 5.74) is 6.58. The first-order valence-corrected chi connectivity index (χ1v) is 15.5. The second kappa shape index (κ2) is 15.5. The molecule has 0 spiro atoms. The van der Waals surface area contributed by atoms with E-state index in [9.17, 15) is 24.0 Å². The first-order chi connectivity index (χ1) is 20.8. The molecule has 1 fully saturated rings. The molecule has 0 saturated carbocycles. The Morgan fingerprint density at radius 1 is 1.00 bits per heavy atom. The molecule has 1 aromatic carbocycles. The number of nitrogen functional groups attached to an aromatic ring is 1. The van der Waals surface area contributed by atoms with E-state index >= 15 is 0 Å². The number of benzene rings is 1. The van der Waals surface area contributed by atoms with Gasteiger partial charge in [0.1, 0.15) is 29.6 Å². The van der Waals surface area contributed by atoms with Gasteiger partial charge in [-0.25, -0.2) is 4.98 Å². The van der Waals surface area contributed by atoms with Gasteiger partial charge in [-0.2, -0.15) is 0 Å². The second-order valence-electron chi connectivity index (χ2n) is 11.7. The van der Waals surface area contributed by atoms with E-state index in [1.54, 1.807) is 38.3 Å². The molecule has 1 aromatic heterocycles. The Bertz CT molecular complexity index is 1330. The van der Waals surface area contributed by atoms with Crippen LogP contribution in [0.2, 0.25) is 0 Å². The summed E-state index contributed by atoms with van der Waals surface area (Å²) in [6.45, 7) is 8.70. The van der Waals surface area contributed by atoms with Gasteiger partial charge in [-0.3, -0.25) is 24.0 Å². The second-order valence-corrected chi connectivity index (χ2v) is 12.6. The van der Waals surface area contributed by atoms with Crippen molar-refractivity contribution in [2.45, 2.75) is 71.6 Å².